The number of carbonyl (C=O) groups is 1. The third kappa shape index (κ3) is 5.30. The maximum absolute atomic E-state index is 12.5. The largest absolute Gasteiger partial charge is 0.486 e. The smallest absolute Gasteiger partial charge is 0.234 e. The van der Waals surface area contributed by atoms with Crippen LogP contribution in [0.2, 0.25) is 0 Å². The summed E-state index contributed by atoms with van der Waals surface area (Å²) in [6, 6.07) is 16.5. The van der Waals surface area contributed by atoms with Crippen molar-refractivity contribution in [2.45, 2.75) is 32.2 Å². The van der Waals surface area contributed by atoms with Gasteiger partial charge in [0.05, 0.1) is 12.6 Å². The first kappa shape index (κ1) is 19.8. The monoisotopic (exact) mass is 394 g/mol. The second kappa shape index (κ2) is 9.31. The topological polar surface area (TPSA) is 50.8 Å². The van der Waals surface area contributed by atoms with Crippen LogP contribution in [0.3, 0.4) is 0 Å². The van der Waals surface area contributed by atoms with Crippen LogP contribution in [0, 0.1) is 5.92 Å². The van der Waals surface area contributed by atoms with Crippen LogP contribution < -0.4 is 14.8 Å². The van der Waals surface area contributed by atoms with Gasteiger partial charge in [-0.3, -0.25) is 9.69 Å². The number of likely N-dealkylation sites (tertiary alicyclic amines) is 1. The molecule has 1 saturated heterocycles. The Morgan fingerprint density at radius 3 is 2.55 bits per heavy atom. The number of hydrogen-bond donors (Lipinski definition) is 1. The summed E-state index contributed by atoms with van der Waals surface area (Å²) in [4.78, 5) is 14.8. The van der Waals surface area contributed by atoms with Gasteiger partial charge in [0, 0.05) is 0 Å². The summed E-state index contributed by atoms with van der Waals surface area (Å²) in [6.07, 6.45) is 3.45. The molecule has 0 bridgehead atoms. The first-order chi connectivity index (χ1) is 14.2. The number of nitrogens with zero attached hydrogens (tertiary/aromatic N) is 1. The van der Waals surface area contributed by atoms with E-state index in [9.17, 15) is 4.79 Å². The van der Waals surface area contributed by atoms with Crippen molar-refractivity contribution < 1.29 is 14.3 Å². The predicted molar refractivity (Wildman–Crippen MR) is 113 cm³/mol. The summed E-state index contributed by atoms with van der Waals surface area (Å²) in [5.41, 5.74) is 2.45. The molecular weight excluding hydrogens is 364 g/mol. The number of rotatable bonds is 6. The SMILES string of the molecule is CC(NC(=O)CN1CCC(Cc2ccccc2)CC1)c1ccc2c(c1)OCCO2. The van der Waals surface area contributed by atoms with E-state index >= 15 is 0 Å². The zero-order valence-electron chi connectivity index (χ0n) is 17.1. The van der Waals surface area contributed by atoms with Crippen molar-refractivity contribution in [2.75, 3.05) is 32.8 Å². The molecular formula is C24H30N2O3. The second-order valence-electron chi connectivity index (χ2n) is 8.10. The minimum absolute atomic E-state index is 0.0612. The molecule has 2 heterocycles. The second-order valence-corrected chi connectivity index (χ2v) is 8.10. The zero-order chi connectivity index (χ0) is 20.1. The van der Waals surface area contributed by atoms with Crippen molar-refractivity contribution in [1.29, 1.82) is 0 Å². The van der Waals surface area contributed by atoms with Crippen molar-refractivity contribution in [2.24, 2.45) is 5.92 Å². The van der Waals surface area contributed by atoms with Gasteiger partial charge in [-0.1, -0.05) is 36.4 Å². The fourth-order valence-electron chi connectivity index (χ4n) is 4.20. The lowest BCUT2D eigenvalue weighted by atomic mass is 9.90. The van der Waals surface area contributed by atoms with E-state index in [1.165, 1.54) is 5.56 Å². The molecule has 0 aromatic heterocycles. The average Bonchev–Trinajstić information content (AvgIpc) is 2.75. The van der Waals surface area contributed by atoms with Gasteiger partial charge in [0.15, 0.2) is 11.5 Å². The standard InChI is InChI=1S/C24H30N2O3/c1-18(21-7-8-22-23(16-21)29-14-13-28-22)25-24(27)17-26-11-9-20(10-12-26)15-19-5-3-2-4-6-19/h2-8,16,18,20H,9-15,17H2,1H3,(H,25,27). The minimum atomic E-state index is -0.0612. The quantitative estimate of drug-likeness (QED) is 0.814. The first-order valence-electron chi connectivity index (χ1n) is 10.6. The number of nitrogens with one attached hydrogen (secondary N) is 1. The molecule has 0 spiro atoms. The minimum Gasteiger partial charge on any atom is -0.486 e. The van der Waals surface area contributed by atoms with E-state index in [-0.39, 0.29) is 11.9 Å². The highest BCUT2D eigenvalue weighted by molar-refractivity contribution is 5.78. The normalized spacial score (nSPS) is 18.2. The number of carbonyl (C=O) groups excluding carboxylic acids is 1. The van der Waals surface area contributed by atoms with Crippen LogP contribution in [0.1, 0.15) is 36.9 Å². The van der Waals surface area contributed by atoms with E-state index in [1.54, 1.807) is 0 Å². The molecule has 0 radical (unpaired) electrons. The molecule has 5 nitrogen and oxygen atoms in total. The number of piperidine rings is 1. The molecule has 2 aliphatic rings. The Morgan fingerprint density at radius 2 is 1.79 bits per heavy atom. The molecule has 2 aliphatic heterocycles. The van der Waals surface area contributed by atoms with Crippen molar-refractivity contribution in [3.63, 3.8) is 0 Å². The lowest BCUT2D eigenvalue weighted by molar-refractivity contribution is -0.123. The summed E-state index contributed by atoms with van der Waals surface area (Å²) in [5, 5.41) is 3.12. The summed E-state index contributed by atoms with van der Waals surface area (Å²) < 4.78 is 11.2. The van der Waals surface area contributed by atoms with Crippen molar-refractivity contribution in [3.8, 4) is 11.5 Å². The predicted octanol–water partition coefficient (Wildman–Crippen LogP) is 3.59. The number of benzene rings is 2. The Bertz CT molecular complexity index is 816. The van der Waals surface area contributed by atoms with Gasteiger partial charge >= 0.3 is 0 Å². The molecule has 0 saturated carbocycles. The van der Waals surface area contributed by atoms with Crippen LogP contribution in [0.15, 0.2) is 48.5 Å². The van der Waals surface area contributed by atoms with E-state index in [0.717, 1.165) is 49.4 Å². The molecule has 29 heavy (non-hydrogen) atoms. The molecule has 1 N–H and O–H groups in total. The number of ether oxygens (including phenoxy) is 2. The molecule has 1 unspecified atom stereocenters. The van der Waals surface area contributed by atoms with Crippen LogP contribution >= 0.6 is 0 Å². The fourth-order valence-corrected chi connectivity index (χ4v) is 4.20. The molecule has 4 rings (SSSR count). The fraction of sp³-hybridized carbons (Fsp3) is 0.458. The molecule has 1 atom stereocenters. The van der Waals surface area contributed by atoms with Gasteiger partial charge in [-0.2, -0.15) is 0 Å². The van der Waals surface area contributed by atoms with Gasteiger partial charge in [-0.15, -0.1) is 0 Å². The Morgan fingerprint density at radius 1 is 1.07 bits per heavy atom. The van der Waals surface area contributed by atoms with E-state index in [2.05, 4.69) is 40.5 Å². The van der Waals surface area contributed by atoms with Gasteiger partial charge in [0.1, 0.15) is 13.2 Å². The summed E-state index contributed by atoms with van der Waals surface area (Å²) in [5.74, 6) is 2.33. The maximum atomic E-state index is 12.5. The van der Waals surface area contributed by atoms with E-state index in [1.807, 2.05) is 25.1 Å². The van der Waals surface area contributed by atoms with Crippen molar-refractivity contribution in [1.82, 2.24) is 10.2 Å². The molecule has 154 valence electrons. The van der Waals surface area contributed by atoms with Gasteiger partial charge in [0.2, 0.25) is 5.91 Å². The highest BCUT2D eigenvalue weighted by Crippen LogP contribution is 2.32. The van der Waals surface area contributed by atoms with E-state index < -0.39 is 0 Å². The van der Waals surface area contributed by atoms with E-state index in [0.29, 0.717) is 25.7 Å². The lowest BCUT2D eigenvalue weighted by Gasteiger charge is -2.32. The zero-order valence-corrected chi connectivity index (χ0v) is 17.1. The highest BCUT2D eigenvalue weighted by atomic mass is 16.6. The summed E-state index contributed by atoms with van der Waals surface area (Å²) in [6.45, 7) is 5.60. The highest BCUT2D eigenvalue weighted by Gasteiger charge is 2.22. The van der Waals surface area contributed by atoms with Crippen molar-refractivity contribution >= 4 is 5.91 Å². The number of amides is 1. The third-order valence-electron chi connectivity index (χ3n) is 5.89. The Kier molecular flexibility index (Phi) is 6.35. The Balaban J connectivity index is 1.23. The Labute approximate surface area is 173 Å². The summed E-state index contributed by atoms with van der Waals surface area (Å²) >= 11 is 0. The molecule has 2 aromatic rings. The average molecular weight is 395 g/mol. The van der Waals surface area contributed by atoms with Crippen LogP contribution in [0.25, 0.3) is 0 Å². The van der Waals surface area contributed by atoms with Gasteiger partial charge in [-0.05, 0) is 68.5 Å². The van der Waals surface area contributed by atoms with Gasteiger partial charge in [-0.25, -0.2) is 0 Å². The summed E-state index contributed by atoms with van der Waals surface area (Å²) in [7, 11) is 0. The van der Waals surface area contributed by atoms with Gasteiger partial charge < -0.3 is 14.8 Å². The molecule has 5 heteroatoms. The van der Waals surface area contributed by atoms with E-state index in [4.69, 9.17) is 9.47 Å². The maximum Gasteiger partial charge on any atom is 0.234 e. The van der Waals surface area contributed by atoms with Crippen LogP contribution in [0.5, 0.6) is 11.5 Å². The number of hydrogen-bond acceptors (Lipinski definition) is 4. The van der Waals surface area contributed by atoms with Gasteiger partial charge in [0.25, 0.3) is 0 Å². The molecule has 1 amide bonds. The molecule has 1 fully saturated rings. The first-order valence-corrected chi connectivity index (χ1v) is 10.6. The Hall–Kier alpha value is -2.53. The van der Waals surface area contributed by atoms with Crippen LogP contribution in [-0.4, -0.2) is 43.7 Å². The van der Waals surface area contributed by atoms with Crippen LogP contribution in [0.4, 0.5) is 0 Å². The van der Waals surface area contributed by atoms with Crippen molar-refractivity contribution in [3.05, 3.63) is 59.7 Å². The molecule has 0 aliphatic carbocycles. The van der Waals surface area contributed by atoms with Crippen LogP contribution in [-0.2, 0) is 11.2 Å². The lowest BCUT2D eigenvalue weighted by Crippen LogP contribution is -2.42. The third-order valence-corrected chi connectivity index (χ3v) is 5.89. The molecule has 2 aromatic carbocycles. The number of fused-ring (bicyclic) bond motifs is 1.